The quantitative estimate of drug-likeness (QED) is 0.370. The zero-order chi connectivity index (χ0) is 24.0. The van der Waals surface area contributed by atoms with Gasteiger partial charge in [0.1, 0.15) is 5.69 Å². The van der Waals surface area contributed by atoms with E-state index in [-0.39, 0.29) is 19.1 Å². The zero-order valence-electron chi connectivity index (χ0n) is 19.8. The molecule has 1 saturated heterocycles. The van der Waals surface area contributed by atoms with Crippen molar-refractivity contribution in [2.24, 2.45) is 5.73 Å². The highest BCUT2D eigenvalue weighted by Gasteiger charge is 2.35. The number of nitrogens with zero attached hydrogens (tertiary/aromatic N) is 6. The number of aryl methyl sites for hydroxylation is 2. The molecule has 4 N–H and O–H groups in total. The van der Waals surface area contributed by atoms with E-state index < -0.39 is 5.91 Å². The number of fused-ring (bicyclic) bond motifs is 1. The van der Waals surface area contributed by atoms with Crippen molar-refractivity contribution in [2.75, 3.05) is 13.7 Å². The van der Waals surface area contributed by atoms with Crippen LogP contribution in [0.4, 0.5) is 0 Å². The molecule has 0 spiro atoms. The fraction of sp³-hybridized carbons (Fsp3) is 0.458. The van der Waals surface area contributed by atoms with E-state index in [4.69, 9.17) is 15.5 Å². The van der Waals surface area contributed by atoms with Gasteiger partial charge >= 0.3 is 0 Å². The molecule has 1 amide bonds. The molecular formula is C24H33N9O2. The van der Waals surface area contributed by atoms with Crippen molar-refractivity contribution in [1.29, 1.82) is 0 Å². The van der Waals surface area contributed by atoms with Crippen LogP contribution in [0, 0.1) is 6.92 Å². The van der Waals surface area contributed by atoms with Crippen LogP contribution in [0.1, 0.15) is 43.7 Å². The maximum Gasteiger partial charge on any atom is 0.248 e. The number of H-pyrrole nitrogens is 1. The highest BCUT2D eigenvalue weighted by molar-refractivity contribution is 6.02. The molecule has 11 nitrogen and oxygen atoms in total. The number of nitrogens with one attached hydrogen (secondary N) is 2. The van der Waals surface area contributed by atoms with Gasteiger partial charge in [-0.25, -0.2) is 4.98 Å². The first-order chi connectivity index (χ1) is 16.3. The number of rotatable bonds is 7. The molecule has 3 aromatic heterocycles. The Hall–Kier alpha value is -3.57. The summed E-state index contributed by atoms with van der Waals surface area (Å²) >= 11 is 0. The second-order valence-corrected chi connectivity index (χ2v) is 9.12. The van der Waals surface area contributed by atoms with Crippen molar-refractivity contribution in [2.45, 2.75) is 59.4 Å². The Morgan fingerprint density at radius 1 is 1.31 bits per heavy atom. The van der Waals surface area contributed by atoms with E-state index in [2.05, 4.69) is 32.6 Å². The van der Waals surface area contributed by atoms with E-state index >= 15 is 0 Å². The molecule has 186 valence electrons. The fourth-order valence-corrected chi connectivity index (χ4v) is 4.73. The Kier molecular flexibility index (Phi) is 6.48. The van der Waals surface area contributed by atoms with Crippen LogP contribution in [0.5, 0.6) is 0 Å². The highest BCUT2D eigenvalue weighted by atomic mass is 16.5. The van der Waals surface area contributed by atoms with Crippen LogP contribution in [0.3, 0.4) is 0 Å². The molecule has 1 aromatic carbocycles. The second kappa shape index (κ2) is 9.23. The third-order valence-corrected chi connectivity index (χ3v) is 6.48. The summed E-state index contributed by atoms with van der Waals surface area (Å²) in [5.74, 6) is 0.556. The molecule has 11 heteroatoms. The largest absolute Gasteiger partial charge is 0.380 e. The average molecular weight is 480 g/mol. The molecule has 0 bridgehead atoms. The fourth-order valence-electron chi connectivity index (χ4n) is 4.73. The molecule has 4 heterocycles. The van der Waals surface area contributed by atoms with E-state index in [1.807, 2.05) is 29.3 Å². The van der Waals surface area contributed by atoms with E-state index in [9.17, 15) is 4.79 Å². The lowest BCUT2D eigenvalue weighted by Gasteiger charge is -2.24. The Balaban J connectivity index is 0.00000289. The van der Waals surface area contributed by atoms with Gasteiger partial charge in [-0.05, 0) is 45.4 Å². The number of amides is 1. The number of primary amides is 1. The minimum absolute atomic E-state index is 0. The third kappa shape index (κ3) is 4.44. The number of aromatic amines is 1. The number of hydrogen-bond acceptors (Lipinski definition) is 7. The number of aromatic nitrogens is 7. The van der Waals surface area contributed by atoms with Crippen molar-refractivity contribution in [3.8, 4) is 22.9 Å². The van der Waals surface area contributed by atoms with Gasteiger partial charge in [0.2, 0.25) is 5.91 Å². The van der Waals surface area contributed by atoms with Crippen molar-refractivity contribution in [1.82, 2.24) is 40.1 Å². The predicted molar refractivity (Wildman–Crippen MR) is 134 cm³/mol. The Bertz CT molecular complexity index is 1370. The summed E-state index contributed by atoms with van der Waals surface area (Å²) < 4.78 is 9.29. The molecular weight excluding hydrogens is 446 g/mol. The Morgan fingerprint density at radius 2 is 2.11 bits per heavy atom. The van der Waals surface area contributed by atoms with Gasteiger partial charge in [0.25, 0.3) is 0 Å². The highest BCUT2D eigenvalue weighted by Crippen LogP contribution is 2.31. The van der Waals surface area contributed by atoms with Gasteiger partial charge in [-0.2, -0.15) is 15.3 Å². The minimum atomic E-state index is -0.518. The molecule has 0 radical (unpaired) electrons. The molecule has 0 aliphatic carbocycles. The van der Waals surface area contributed by atoms with Gasteiger partial charge in [0.05, 0.1) is 30.1 Å². The van der Waals surface area contributed by atoms with Crippen LogP contribution in [0.2, 0.25) is 0 Å². The Morgan fingerprint density at radius 3 is 2.80 bits per heavy atom. The monoisotopic (exact) mass is 479 g/mol. The van der Waals surface area contributed by atoms with Gasteiger partial charge in [0.15, 0.2) is 11.6 Å². The molecule has 1 aliphatic heterocycles. The number of methoxy groups -OCH3 is 1. The summed E-state index contributed by atoms with van der Waals surface area (Å²) in [4.78, 5) is 16.9. The molecule has 5 rings (SSSR count). The molecule has 0 saturated carbocycles. The number of carbonyl (C=O) groups excluding carboxylic acids is 1. The van der Waals surface area contributed by atoms with E-state index in [1.165, 1.54) is 0 Å². The first-order valence-corrected chi connectivity index (χ1v) is 11.3. The van der Waals surface area contributed by atoms with Gasteiger partial charge in [-0.15, -0.1) is 0 Å². The normalized spacial score (nSPS) is 19.8. The van der Waals surface area contributed by atoms with E-state index in [0.717, 1.165) is 35.3 Å². The molecule has 4 aromatic rings. The zero-order valence-corrected chi connectivity index (χ0v) is 19.8. The average Bonchev–Trinajstić information content (AvgIpc) is 3.59. The van der Waals surface area contributed by atoms with Crippen molar-refractivity contribution >= 4 is 16.8 Å². The maximum atomic E-state index is 12.2. The van der Waals surface area contributed by atoms with Crippen LogP contribution in [0.15, 0.2) is 24.4 Å². The van der Waals surface area contributed by atoms with Crippen molar-refractivity contribution < 1.29 is 9.53 Å². The van der Waals surface area contributed by atoms with E-state index in [0.29, 0.717) is 35.9 Å². The van der Waals surface area contributed by atoms with E-state index in [1.54, 1.807) is 25.4 Å². The van der Waals surface area contributed by atoms with Gasteiger partial charge in [0, 0.05) is 42.3 Å². The Labute approximate surface area is 204 Å². The number of ether oxygens (including phenoxy) is 1. The number of nitrogens with two attached hydrogens (primary N) is 1. The van der Waals surface area contributed by atoms with Crippen molar-refractivity contribution in [3.05, 3.63) is 35.7 Å². The SMILES string of the molecule is C.CCn1nc(C)cc1-c1nc(-c2cc(C(N)=O)cc3c2cnn3CC2(C)CC(OC)CN2)n[nH]1. The number of hydrogen-bond donors (Lipinski definition) is 3. The third-order valence-electron chi connectivity index (χ3n) is 6.48. The summed E-state index contributed by atoms with van der Waals surface area (Å²) in [6.45, 7) is 8.23. The van der Waals surface area contributed by atoms with Crippen LogP contribution in [-0.4, -0.2) is 65.9 Å². The smallest absolute Gasteiger partial charge is 0.248 e. The summed E-state index contributed by atoms with van der Waals surface area (Å²) in [6.07, 6.45) is 2.82. The first-order valence-electron chi connectivity index (χ1n) is 11.3. The standard InChI is InChI=1S/C23H29N9O2.CH4/c1-5-31-19(6-13(2)30-31)22-27-21(28-29-22)16-7-14(20(24)33)8-18-17(16)11-26-32(18)12-23(3)9-15(34-4)10-25-23;/h6-8,11,15,25H,5,9-10,12H2,1-4H3,(H2,24,33)(H,27,28,29);1H4. The van der Waals surface area contributed by atoms with Gasteiger partial charge < -0.3 is 15.8 Å². The maximum absolute atomic E-state index is 12.2. The summed E-state index contributed by atoms with van der Waals surface area (Å²) in [6, 6.07) is 5.47. The first kappa shape index (κ1) is 24.6. The van der Waals surface area contributed by atoms with Crippen LogP contribution >= 0.6 is 0 Å². The topological polar surface area (TPSA) is 142 Å². The minimum Gasteiger partial charge on any atom is -0.380 e. The number of carbonyl (C=O) groups is 1. The van der Waals surface area contributed by atoms with Crippen LogP contribution in [0.25, 0.3) is 33.8 Å². The number of benzene rings is 1. The second-order valence-electron chi connectivity index (χ2n) is 9.12. The summed E-state index contributed by atoms with van der Waals surface area (Å²) in [7, 11) is 1.73. The van der Waals surface area contributed by atoms with Gasteiger partial charge in [-0.1, -0.05) is 7.43 Å². The molecule has 35 heavy (non-hydrogen) atoms. The van der Waals surface area contributed by atoms with Gasteiger partial charge in [-0.3, -0.25) is 19.3 Å². The molecule has 1 fully saturated rings. The van der Waals surface area contributed by atoms with Crippen LogP contribution in [-0.2, 0) is 17.8 Å². The van der Waals surface area contributed by atoms with Crippen LogP contribution < -0.4 is 11.1 Å². The molecule has 1 aliphatic rings. The predicted octanol–water partition coefficient (Wildman–Crippen LogP) is 2.52. The molecule has 2 unspecified atom stereocenters. The van der Waals surface area contributed by atoms with Crippen molar-refractivity contribution in [3.63, 3.8) is 0 Å². The summed E-state index contributed by atoms with van der Waals surface area (Å²) in [5.41, 5.74) is 9.12. The molecule has 2 atom stereocenters. The summed E-state index contributed by atoms with van der Waals surface area (Å²) in [5, 5.41) is 21.0. The lowest BCUT2D eigenvalue weighted by atomic mass is 9.99. The lowest BCUT2D eigenvalue weighted by Crippen LogP contribution is -2.40. The lowest BCUT2D eigenvalue weighted by molar-refractivity contribution is 0.100.